The first-order valence-electron chi connectivity index (χ1n) is 3.76. The summed E-state index contributed by atoms with van der Waals surface area (Å²) in [5, 5.41) is 6.56. The van der Waals surface area contributed by atoms with Crippen molar-refractivity contribution < 1.29 is 4.52 Å². The van der Waals surface area contributed by atoms with Gasteiger partial charge in [0.2, 0.25) is 0 Å². The van der Waals surface area contributed by atoms with E-state index in [1.54, 1.807) is 6.07 Å². The van der Waals surface area contributed by atoms with Gasteiger partial charge in [-0.2, -0.15) is 0 Å². The van der Waals surface area contributed by atoms with Crippen LogP contribution in [0.15, 0.2) is 21.8 Å². The molecule has 1 heterocycles. The number of hydrogen-bond acceptors (Lipinski definition) is 3. The van der Waals surface area contributed by atoms with E-state index in [-0.39, 0.29) is 0 Å². The second-order valence-electron chi connectivity index (χ2n) is 2.22. The van der Waals surface area contributed by atoms with Gasteiger partial charge < -0.3 is 15.6 Å². The van der Waals surface area contributed by atoms with E-state index in [0.29, 0.717) is 12.5 Å². The molecule has 0 aliphatic heterocycles. The van der Waals surface area contributed by atoms with E-state index in [2.05, 4.69) is 20.0 Å². The van der Waals surface area contributed by atoms with Gasteiger partial charge >= 0.3 is 0 Å². The minimum absolute atomic E-state index is 0.431. The molecule has 0 aliphatic carbocycles. The van der Waals surface area contributed by atoms with Crippen LogP contribution in [0.25, 0.3) is 0 Å². The van der Waals surface area contributed by atoms with E-state index >= 15 is 0 Å². The molecule has 0 saturated heterocycles. The van der Waals surface area contributed by atoms with Gasteiger partial charge in [0.15, 0.2) is 5.96 Å². The molecule has 0 fully saturated rings. The molecule has 0 atom stereocenters. The topological polar surface area (TPSA) is 76.4 Å². The molecule has 1 aromatic rings. The maximum Gasteiger partial charge on any atom is 0.188 e. The van der Waals surface area contributed by atoms with E-state index in [1.807, 2.05) is 6.92 Å². The van der Waals surface area contributed by atoms with Crippen LogP contribution in [0.3, 0.4) is 0 Å². The molecule has 1 aromatic heterocycles. The third-order valence-electron chi connectivity index (χ3n) is 1.26. The zero-order valence-corrected chi connectivity index (χ0v) is 6.95. The summed E-state index contributed by atoms with van der Waals surface area (Å²) in [4.78, 5) is 4.02. The van der Waals surface area contributed by atoms with Crippen molar-refractivity contribution >= 4 is 5.96 Å². The number of hydrogen-bond donors (Lipinski definition) is 2. The molecule has 0 unspecified atom stereocenters. The minimum atomic E-state index is 0.431. The third kappa shape index (κ3) is 2.61. The normalized spacial score (nSPS) is 11.6. The highest BCUT2D eigenvalue weighted by Gasteiger charge is 1.93. The Morgan fingerprint density at radius 1 is 1.83 bits per heavy atom. The Labute approximate surface area is 70.6 Å². The van der Waals surface area contributed by atoms with Crippen LogP contribution < -0.4 is 11.1 Å². The van der Waals surface area contributed by atoms with E-state index in [1.165, 1.54) is 6.26 Å². The molecule has 0 spiro atoms. The molecule has 66 valence electrons. The van der Waals surface area contributed by atoms with Gasteiger partial charge in [-0.25, -0.2) is 4.99 Å². The number of nitrogens with one attached hydrogen (secondary N) is 1. The fourth-order valence-corrected chi connectivity index (χ4v) is 0.722. The molecule has 0 aliphatic rings. The van der Waals surface area contributed by atoms with E-state index in [9.17, 15) is 0 Å². The predicted molar refractivity (Wildman–Crippen MR) is 45.5 cm³/mol. The number of aromatic nitrogens is 1. The van der Waals surface area contributed by atoms with E-state index in [4.69, 9.17) is 5.73 Å². The molecule has 0 radical (unpaired) electrons. The average Bonchev–Trinajstić information content (AvgIpc) is 2.53. The first-order valence-corrected chi connectivity index (χ1v) is 3.76. The van der Waals surface area contributed by atoms with Crippen molar-refractivity contribution in [2.75, 3.05) is 6.54 Å². The smallest absolute Gasteiger partial charge is 0.188 e. The molecular formula is C7H12N4O. The predicted octanol–water partition coefficient (Wildman–Crippen LogP) is 0.0988. The molecule has 5 nitrogen and oxygen atoms in total. The number of nitrogens with zero attached hydrogens (tertiary/aromatic N) is 2. The molecule has 0 aromatic carbocycles. The number of aliphatic imine (C=N–C) groups is 1. The van der Waals surface area contributed by atoms with Crippen molar-refractivity contribution in [1.29, 1.82) is 0 Å². The Morgan fingerprint density at radius 3 is 3.25 bits per heavy atom. The highest BCUT2D eigenvalue weighted by atomic mass is 16.5. The Hall–Kier alpha value is -1.52. The average molecular weight is 168 g/mol. The Morgan fingerprint density at radius 2 is 2.67 bits per heavy atom. The van der Waals surface area contributed by atoms with Crippen molar-refractivity contribution in [3.05, 3.63) is 18.0 Å². The summed E-state index contributed by atoms with van der Waals surface area (Å²) in [6.07, 6.45) is 1.51. The molecule has 12 heavy (non-hydrogen) atoms. The van der Waals surface area contributed by atoms with Gasteiger partial charge in [-0.15, -0.1) is 0 Å². The summed E-state index contributed by atoms with van der Waals surface area (Å²) >= 11 is 0. The lowest BCUT2D eigenvalue weighted by molar-refractivity contribution is 0.412. The Bertz CT molecular complexity index is 242. The monoisotopic (exact) mass is 168 g/mol. The molecular weight excluding hydrogens is 156 g/mol. The van der Waals surface area contributed by atoms with Gasteiger partial charge in [0.05, 0.1) is 6.54 Å². The maximum atomic E-state index is 5.48. The SMILES string of the molecule is CCNC(N)=NCc1ccon1. The summed E-state index contributed by atoms with van der Waals surface area (Å²) in [6.45, 7) is 3.18. The second-order valence-corrected chi connectivity index (χ2v) is 2.22. The Kier molecular flexibility index (Phi) is 3.13. The van der Waals surface area contributed by atoms with Crippen LogP contribution in [0.4, 0.5) is 0 Å². The summed E-state index contributed by atoms with van der Waals surface area (Å²) in [7, 11) is 0. The fourth-order valence-electron chi connectivity index (χ4n) is 0.722. The third-order valence-corrected chi connectivity index (χ3v) is 1.26. The quantitative estimate of drug-likeness (QED) is 0.495. The van der Waals surface area contributed by atoms with Crippen molar-refractivity contribution in [2.45, 2.75) is 13.5 Å². The van der Waals surface area contributed by atoms with Crippen LogP contribution in [0.5, 0.6) is 0 Å². The molecule has 3 N–H and O–H groups in total. The summed E-state index contributed by atoms with van der Waals surface area (Å²) in [5.74, 6) is 0.431. The van der Waals surface area contributed by atoms with Gasteiger partial charge in [0, 0.05) is 12.6 Å². The Balaban J connectivity index is 2.38. The zero-order valence-electron chi connectivity index (χ0n) is 6.95. The molecule has 0 saturated carbocycles. The molecule has 0 amide bonds. The maximum absolute atomic E-state index is 5.48. The van der Waals surface area contributed by atoms with Crippen molar-refractivity contribution in [2.24, 2.45) is 10.7 Å². The van der Waals surface area contributed by atoms with Crippen LogP contribution >= 0.6 is 0 Å². The number of rotatable bonds is 3. The van der Waals surface area contributed by atoms with Gasteiger partial charge in [-0.1, -0.05) is 5.16 Å². The lowest BCUT2D eigenvalue weighted by Gasteiger charge is -1.99. The van der Waals surface area contributed by atoms with Crippen LogP contribution in [-0.2, 0) is 6.54 Å². The molecule has 5 heteroatoms. The highest BCUT2D eigenvalue weighted by Crippen LogP contribution is 1.95. The lowest BCUT2D eigenvalue weighted by atomic mass is 10.4. The van der Waals surface area contributed by atoms with Gasteiger partial charge in [-0.3, -0.25) is 0 Å². The van der Waals surface area contributed by atoms with E-state index in [0.717, 1.165) is 12.2 Å². The first kappa shape index (κ1) is 8.58. The zero-order chi connectivity index (χ0) is 8.81. The number of nitrogens with two attached hydrogens (primary N) is 1. The highest BCUT2D eigenvalue weighted by molar-refractivity contribution is 5.77. The van der Waals surface area contributed by atoms with Gasteiger partial charge in [0.25, 0.3) is 0 Å². The van der Waals surface area contributed by atoms with Crippen LogP contribution in [0.2, 0.25) is 0 Å². The fraction of sp³-hybridized carbons (Fsp3) is 0.429. The second kappa shape index (κ2) is 4.38. The lowest BCUT2D eigenvalue weighted by Crippen LogP contribution is -2.31. The summed E-state index contributed by atoms with van der Waals surface area (Å²) in [6, 6.07) is 1.75. The molecule has 0 bridgehead atoms. The van der Waals surface area contributed by atoms with Crippen LogP contribution in [-0.4, -0.2) is 17.7 Å². The largest absolute Gasteiger partial charge is 0.370 e. The summed E-state index contributed by atoms with van der Waals surface area (Å²) < 4.78 is 4.63. The van der Waals surface area contributed by atoms with E-state index < -0.39 is 0 Å². The van der Waals surface area contributed by atoms with Crippen LogP contribution in [0.1, 0.15) is 12.6 Å². The standard InChI is InChI=1S/C7H12N4O/c1-2-9-7(8)10-5-6-3-4-12-11-6/h3-4H,2,5H2,1H3,(H3,8,9,10). The van der Waals surface area contributed by atoms with Gasteiger partial charge in [-0.05, 0) is 6.92 Å². The minimum Gasteiger partial charge on any atom is -0.370 e. The number of guanidine groups is 1. The van der Waals surface area contributed by atoms with Crippen molar-refractivity contribution in [3.63, 3.8) is 0 Å². The summed E-state index contributed by atoms with van der Waals surface area (Å²) in [5.41, 5.74) is 6.26. The molecule has 1 rings (SSSR count). The van der Waals surface area contributed by atoms with Crippen LogP contribution in [0, 0.1) is 0 Å². The van der Waals surface area contributed by atoms with Crippen molar-refractivity contribution in [3.8, 4) is 0 Å². The first-order chi connectivity index (χ1) is 5.83. The van der Waals surface area contributed by atoms with Crippen molar-refractivity contribution in [1.82, 2.24) is 10.5 Å². The van der Waals surface area contributed by atoms with Gasteiger partial charge in [0.1, 0.15) is 12.0 Å².